The number of hydrogen-bond donors (Lipinski definition) is 2. The number of amides is 1. The smallest absolute Gasteiger partial charge is 0.220 e. The lowest BCUT2D eigenvalue weighted by molar-refractivity contribution is -0.121. The molecule has 0 unspecified atom stereocenters. The van der Waals surface area contributed by atoms with Gasteiger partial charge in [0, 0.05) is 46.7 Å². The number of ether oxygens (including phenoxy) is 2. The number of methoxy groups -OCH3 is 1. The Labute approximate surface area is 193 Å². The molecule has 2 rings (SSSR count). The van der Waals surface area contributed by atoms with Crippen molar-refractivity contribution in [3.8, 4) is 11.5 Å². The Hall–Kier alpha value is -2.48. The number of nitrogens with zero attached hydrogens (tertiary/aromatic N) is 3. The molecule has 0 aromatic heterocycles. The number of guanidine groups is 1. The van der Waals surface area contributed by atoms with Gasteiger partial charge in [0.25, 0.3) is 0 Å². The second-order valence-electron chi connectivity index (χ2n) is 8.07. The molecule has 0 spiro atoms. The number of carbonyl (C=O) groups excluding carboxylic acids is 1. The Morgan fingerprint density at radius 3 is 2.53 bits per heavy atom. The minimum absolute atomic E-state index is 0.125. The summed E-state index contributed by atoms with van der Waals surface area (Å²) in [5.41, 5.74) is 1.11. The van der Waals surface area contributed by atoms with E-state index in [4.69, 9.17) is 9.47 Å². The third-order valence-electron chi connectivity index (χ3n) is 6.12. The highest BCUT2D eigenvalue weighted by Gasteiger charge is 2.23. The molecule has 8 heteroatoms. The summed E-state index contributed by atoms with van der Waals surface area (Å²) in [6.45, 7) is 10.4. The van der Waals surface area contributed by atoms with Crippen LogP contribution in [0.4, 0.5) is 0 Å². The van der Waals surface area contributed by atoms with Crippen LogP contribution in [0.3, 0.4) is 0 Å². The second-order valence-corrected chi connectivity index (χ2v) is 8.07. The molecule has 1 aliphatic heterocycles. The van der Waals surface area contributed by atoms with Crippen LogP contribution in [0, 0.1) is 5.92 Å². The van der Waals surface area contributed by atoms with Crippen molar-refractivity contribution < 1.29 is 14.3 Å². The summed E-state index contributed by atoms with van der Waals surface area (Å²) < 4.78 is 11.5. The largest absolute Gasteiger partial charge is 0.493 e. The normalized spacial score (nSPS) is 15.1. The lowest BCUT2D eigenvalue weighted by Gasteiger charge is -2.34. The van der Waals surface area contributed by atoms with Gasteiger partial charge in [-0.15, -0.1) is 0 Å². The fourth-order valence-electron chi connectivity index (χ4n) is 3.99. The van der Waals surface area contributed by atoms with E-state index in [1.807, 2.05) is 19.2 Å². The topological polar surface area (TPSA) is 78.4 Å². The Morgan fingerprint density at radius 2 is 1.94 bits per heavy atom. The Bertz CT molecular complexity index is 728. The molecule has 1 fully saturated rings. The van der Waals surface area contributed by atoms with Crippen LogP contribution in [-0.2, 0) is 11.3 Å². The van der Waals surface area contributed by atoms with E-state index in [2.05, 4.69) is 45.3 Å². The maximum absolute atomic E-state index is 11.6. The number of hydrogen-bond acceptors (Lipinski definition) is 5. The predicted octanol–water partition coefficient (Wildman–Crippen LogP) is 2.34. The van der Waals surface area contributed by atoms with Crippen molar-refractivity contribution in [2.75, 3.05) is 60.5 Å². The van der Waals surface area contributed by atoms with Crippen molar-refractivity contribution in [1.29, 1.82) is 0 Å². The van der Waals surface area contributed by atoms with Gasteiger partial charge in [-0.3, -0.25) is 9.79 Å². The zero-order valence-electron chi connectivity index (χ0n) is 20.4. The number of carbonyl (C=O) groups is 1. The first-order chi connectivity index (χ1) is 15.5. The first-order valence-corrected chi connectivity index (χ1v) is 11.7. The number of benzene rings is 1. The summed E-state index contributed by atoms with van der Waals surface area (Å²) in [6.07, 6.45) is 2.61. The fraction of sp³-hybridized carbons (Fsp3) is 0.667. The summed E-state index contributed by atoms with van der Waals surface area (Å²) >= 11 is 0. The molecule has 1 aromatic rings. The standard InChI is InChI=1S/C24H41N5O3/c1-6-28(7-2)14-15-32-21-9-8-20(16-22(21)31-5)18-27-24(26-4)29-12-10-19(11-13-29)17-23(30)25-3/h8-9,16,19H,6-7,10-15,17-18H2,1-5H3,(H,25,30)(H,26,27). The molecule has 1 amide bonds. The number of piperidine rings is 1. The van der Waals surface area contributed by atoms with Crippen LogP contribution in [0.15, 0.2) is 23.2 Å². The van der Waals surface area contributed by atoms with E-state index < -0.39 is 0 Å². The number of aliphatic imine (C=N–C) groups is 1. The summed E-state index contributed by atoms with van der Waals surface area (Å²) in [7, 11) is 5.18. The van der Waals surface area contributed by atoms with Crippen LogP contribution in [0.1, 0.15) is 38.7 Å². The lowest BCUT2D eigenvalue weighted by Crippen LogP contribution is -2.45. The van der Waals surface area contributed by atoms with E-state index in [0.29, 0.717) is 25.5 Å². The van der Waals surface area contributed by atoms with Gasteiger partial charge in [-0.1, -0.05) is 19.9 Å². The van der Waals surface area contributed by atoms with Crippen molar-refractivity contribution in [2.24, 2.45) is 10.9 Å². The molecular formula is C24H41N5O3. The average molecular weight is 448 g/mol. The van der Waals surface area contributed by atoms with Gasteiger partial charge in [-0.25, -0.2) is 0 Å². The highest BCUT2D eigenvalue weighted by Crippen LogP contribution is 2.28. The third kappa shape index (κ3) is 7.89. The highest BCUT2D eigenvalue weighted by molar-refractivity contribution is 5.80. The number of likely N-dealkylation sites (tertiary alicyclic amines) is 1. The molecule has 0 atom stereocenters. The van der Waals surface area contributed by atoms with E-state index in [-0.39, 0.29) is 5.91 Å². The molecule has 0 bridgehead atoms. The van der Waals surface area contributed by atoms with Gasteiger partial charge in [0.1, 0.15) is 6.61 Å². The van der Waals surface area contributed by atoms with E-state index in [0.717, 1.165) is 68.6 Å². The van der Waals surface area contributed by atoms with Crippen LogP contribution < -0.4 is 20.1 Å². The van der Waals surface area contributed by atoms with Crippen LogP contribution >= 0.6 is 0 Å². The van der Waals surface area contributed by atoms with Gasteiger partial charge in [0.15, 0.2) is 17.5 Å². The highest BCUT2D eigenvalue weighted by atomic mass is 16.5. The number of rotatable bonds is 11. The molecule has 1 saturated heterocycles. The minimum atomic E-state index is 0.125. The first kappa shape index (κ1) is 25.8. The third-order valence-corrected chi connectivity index (χ3v) is 6.12. The van der Waals surface area contributed by atoms with Gasteiger partial charge >= 0.3 is 0 Å². The lowest BCUT2D eigenvalue weighted by atomic mass is 9.93. The van der Waals surface area contributed by atoms with Crippen molar-refractivity contribution in [2.45, 2.75) is 39.7 Å². The Morgan fingerprint density at radius 1 is 1.22 bits per heavy atom. The van der Waals surface area contributed by atoms with Gasteiger partial charge in [-0.05, 0) is 49.5 Å². The van der Waals surface area contributed by atoms with Gasteiger partial charge in [0.2, 0.25) is 5.91 Å². The summed E-state index contributed by atoms with van der Waals surface area (Å²) in [6, 6.07) is 6.05. The van der Waals surface area contributed by atoms with Crippen molar-refractivity contribution in [3.05, 3.63) is 23.8 Å². The maximum atomic E-state index is 11.6. The monoisotopic (exact) mass is 447 g/mol. The van der Waals surface area contributed by atoms with E-state index in [1.165, 1.54) is 0 Å². The molecule has 0 radical (unpaired) electrons. The Kier molecular flexibility index (Phi) is 11.1. The van der Waals surface area contributed by atoms with E-state index >= 15 is 0 Å². The number of nitrogens with one attached hydrogen (secondary N) is 2. The fourth-order valence-corrected chi connectivity index (χ4v) is 3.99. The van der Waals surface area contributed by atoms with Crippen LogP contribution in [0.25, 0.3) is 0 Å². The van der Waals surface area contributed by atoms with Crippen LogP contribution in [0.2, 0.25) is 0 Å². The second kappa shape index (κ2) is 13.8. The molecular weight excluding hydrogens is 406 g/mol. The summed E-state index contributed by atoms with van der Waals surface area (Å²) in [5, 5.41) is 6.18. The predicted molar refractivity (Wildman–Crippen MR) is 129 cm³/mol. The summed E-state index contributed by atoms with van der Waals surface area (Å²) in [4.78, 5) is 20.7. The molecule has 180 valence electrons. The quantitative estimate of drug-likeness (QED) is 0.401. The van der Waals surface area contributed by atoms with Crippen molar-refractivity contribution in [1.82, 2.24) is 20.4 Å². The summed E-state index contributed by atoms with van der Waals surface area (Å²) in [5.74, 6) is 2.98. The van der Waals surface area contributed by atoms with E-state index in [9.17, 15) is 4.79 Å². The molecule has 1 aliphatic rings. The molecule has 2 N–H and O–H groups in total. The minimum Gasteiger partial charge on any atom is -0.493 e. The molecule has 0 aliphatic carbocycles. The van der Waals surface area contributed by atoms with E-state index in [1.54, 1.807) is 14.2 Å². The molecule has 32 heavy (non-hydrogen) atoms. The first-order valence-electron chi connectivity index (χ1n) is 11.7. The zero-order chi connectivity index (χ0) is 23.3. The number of likely N-dealkylation sites (N-methyl/N-ethyl adjacent to an activating group) is 1. The Balaban J connectivity index is 1.86. The molecule has 0 saturated carbocycles. The van der Waals surface area contributed by atoms with Crippen LogP contribution in [0.5, 0.6) is 11.5 Å². The van der Waals surface area contributed by atoms with Gasteiger partial charge < -0.3 is 29.9 Å². The molecule has 1 aromatic carbocycles. The SMILES string of the molecule is CCN(CC)CCOc1ccc(CNC(=NC)N2CCC(CC(=O)NC)CC2)cc1OC. The van der Waals surface area contributed by atoms with Crippen molar-refractivity contribution >= 4 is 11.9 Å². The molecule has 8 nitrogen and oxygen atoms in total. The van der Waals surface area contributed by atoms with Gasteiger partial charge in [-0.2, -0.15) is 0 Å². The maximum Gasteiger partial charge on any atom is 0.220 e. The van der Waals surface area contributed by atoms with Crippen LogP contribution in [-0.4, -0.2) is 82.2 Å². The molecule has 1 heterocycles. The average Bonchev–Trinajstić information content (AvgIpc) is 2.83. The van der Waals surface area contributed by atoms with Crippen molar-refractivity contribution in [3.63, 3.8) is 0 Å². The zero-order valence-corrected chi connectivity index (χ0v) is 20.4. The van der Waals surface area contributed by atoms with Gasteiger partial charge in [0.05, 0.1) is 7.11 Å².